The van der Waals surface area contributed by atoms with Crippen molar-refractivity contribution in [3.8, 4) is 0 Å². The molecule has 1 heterocycles. The zero-order valence-corrected chi connectivity index (χ0v) is 26.1. The largest absolute Gasteiger partial charge is 0.394 e. The van der Waals surface area contributed by atoms with E-state index >= 15 is 0 Å². The Morgan fingerprint density at radius 2 is 1.76 bits per heavy atom. The van der Waals surface area contributed by atoms with Crippen molar-refractivity contribution in [1.82, 2.24) is 0 Å². The van der Waals surface area contributed by atoms with Crippen LogP contribution in [0.2, 0.25) is 0 Å². The topological polar surface area (TPSA) is 99.4 Å². The van der Waals surface area contributed by atoms with Gasteiger partial charge in [-0.1, -0.05) is 71.4 Å². The molecule has 4 saturated carbocycles. The molecule has 1 aliphatic heterocycles. The van der Waals surface area contributed by atoms with Crippen molar-refractivity contribution in [3.63, 3.8) is 0 Å². The van der Waals surface area contributed by atoms with Gasteiger partial charge in [0.1, 0.15) is 24.4 Å². The van der Waals surface area contributed by atoms with Crippen LogP contribution < -0.4 is 0 Å². The highest BCUT2D eigenvalue weighted by molar-refractivity contribution is 5.39. The number of aliphatic hydroxyl groups excluding tert-OH is 4. The van der Waals surface area contributed by atoms with E-state index in [1.54, 1.807) is 5.57 Å². The minimum atomic E-state index is -1.39. The third-order valence-corrected chi connectivity index (χ3v) is 14.1. The van der Waals surface area contributed by atoms with Crippen molar-refractivity contribution >= 4 is 0 Å². The molecule has 6 nitrogen and oxygen atoms in total. The molecule has 1 saturated heterocycles. The molecule has 5 fully saturated rings. The van der Waals surface area contributed by atoms with E-state index in [9.17, 15) is 20.4 Å². The standard InChI is InChI=1S/C35H58O6/c1-5-22(6-2)9-7-8-21(3)25-12-13-26-27-11-10-23-18-24(40-32-31(39)30(38)29(37)28(19-36)41-32)14-15-34(23)20-35(27,34)17-16-33(25,26)4/h10,21-22,24-32,36-39H,5-9,11-20H2,1-4H3. The van der Waals surface area contributed by atoms with E-state index in [1.807, 2.05) is 0 Å². The van der Waals surface area contributed by atoms with Crippen LogP contribution in [0, 0.1) is 45.8 Å². The van der Waals surface area contributed by atoms with Gasteiger partial charge < -0.3 is 29.9 Å². The fourth-order valence-corrected chi connectivity index (χ4v) is 11.6. The van der Waals surface area contributed by atoms with Crippen LogP contribution in [0.5, 0.6) is 0 Å². The second-order valence-electron chi connectivity index (χ2n) is 15.6. The molecule has 41 heavy (non-hydrogen) atoms. The Morgan fingerprint density at radius 1 is 0.976 bits per heavy atom. The lowest BCUT2D eigenvalue weighted by Crippen LogP contribution is -2.59. The highest BCUT2D eigenvalue weighted by atomic mass is 16.7. The molecule has 0 amide bonds. The molecule has 13 atom stereocenters. The average molecular weight is 575 g/mol. The van der Waals surface area contributed by atoms with E-state index in [2.05, 4.69) is 33.8 Å². The molecule has 5 aliphatic carbocycles. The van der Waals surface area contributed by atoms with Crippen LogP contribution in [-0.2, 0) is 9.47 Å². The smallest absolute Gasteiger partial charge is 0.186 e. The third-order valence-electron chi connectivity index (χ3n) is 14.1. The lowest BCUT2D eigenvalue weighted by Gasteiger charge is -2.54. The molecule has 6 rings (SSSR count). The molecule has 0 aromatic rings. The minimum absolute atomic E-state index is 0.0758. The number of aliphatic hydroxyl groups is 4. The summed E-state index contributed by atoms with van der Waals surface area (Å²) in [6.07, 6.45) is 14.5. The zero-order valence-electron chi connectivity index (χ0n) is 26.1. The van der Waals surface area contributed by atoms with E-state index in [1.165, 1.54) is 70.6 Å². The number of rotatable bonds is 10. The van der Waals surface area contributed by atoms with Gasteiger partial charge in [-0.15, -0.1) is 0 Å². The van der Waals surface area contributed by atoms with Crippen molar-refractivity contribution in [2.75, 3.05) is 6.61 Å². The van der Waals surface area contributed by atoms with Crippen molar-refractivity contribution in [2.24, 2.45) is 45.8 Å². The van der Waals surface area contributed by atoms with Crippen LogP contribution in [-0.4, -0.2) is 63.8 Å². The molecule has 13 unspecified atom stereocenters. The van der Waals surface area contributed by atoms with Crippen molar-refractivity contribution in [1.29, 1.82) is 0 Å². The maximum absolute atomic E-state index is 10.5. The molecule has 0 aromatic carbocycles. The first-order chi connectivity index (χ1) is 19.6. The van der Waals surface area contributed by atoms with Crippen molar-refractivity contribution in [3.05, 3.63) is 11.6 Å². The van der Waals surface area contributed by atoms with E-state index in [0.717, 1.165) is 48.9 Å². The summed E-state index contributed by atoms with van der Waals surface area (Å²) in [6.45, 7) is 9.53. The van der Waals surface area contributed by atoms with Gasteiger partial charge in [-0.25, -0.2) is 0 Å². The lowest BCUT2D eigenvalue weighted by molar-refractivity contribution is -0.312. The summed E-state index contributed by atoms with van der Waals surface area (Å²) in [5.74, 6) is 4.33. The lowest BCUT2D eigenvalue weighted by atomic mass is 9.50. The molecule has 234 valence electrons. The summed E-state index contributed by atoms with van der Waals surface area (Å²) >= 11 is 0. The highest BCUT2D eigenvalue weighted by Crippen LogP contribution is 2.84. The molecule has 6 heteroatoms. The van der Waals surface area contributed by atoms with Gasteiger partial charge in [-0.3, -0.25) is 0 Å². The molecule has 0 bridgehead atoms. The average Bonchev–Trinajstić information content (AvgIpc) is 3.51. The van der Waals surface area contributed by atoms with Crippen LogP contribution in [0.1, 0.15) is 118 Å². The summed E-state index contributed by atoms with van der Waals surface area (Å²) in [7, 11) is 0. The van der Waals surface area contributed by atoms with E-state index < -0.39 is 37.3 Å². The normalized spacial score (nSPS) is 49.5. The monoisotopic (exact) mass is 574 g/mol. The van der Waals surface area contributed by atoms with Gasteiger partial charge in [0.15, 0.2) is 6.29 Å². The van der Waals surface area contributed by atoms with E-state index in [4.69, 9.17) is 9.47 Å². The Labute approximate surface area is 248 Å². The summed E-state index contributed by atoms with van der Waals surface area (Å²) in [4.78, 5) is 0. The maximum Gasteiger partial charge on any atom is 0.186 e. The van der Waals surface area contributed by atoms with Crippen LogP contribution in [0.25, 0.3) is 0 Å². The van der Waals surface area contributed by atoms with Gasteiger partial charge >= 0.3 is 0 Å². The first-order valence-electron chi connectivity index (χ1n) is 17.3. The number of ether oxygens (including phenoxy) is 2. The quantitative estimate of drug-likeness (QED) is 0.248. The Bertz CT molecular complexity index is 962. The van der Waals surface area contributed by atoms with Gasteiger partial charge in [-0.05, 0) is 104 Å². The molecule has 6 aliphatic rings. The predicted octanol–water partition coefficient (Wildman–Crippen LogP) is 5.75. The Hall–Kier alpha value is -0.500. The maximum atomic E-state index is 10.5. The molecule has 0 aromatic heterocycles. The zero-order chi connectivity index (χ0) is 29.2. The fourth-order valence-electron chi connectivity index (χ4n) is 11.6. The van der Waals surface area contributed by atoms with Crippen molar-refractivity contribution in [2.45, 2.75) is 154 Å². The second-order valence-corrected chi connectivity index (χ2v) is 15.6. The third kappa shape index (κ3) is 4.81. The number of fused-ring (bicyclic) bond motifs is 2. The van der Waals surface area contributed by atoms with E-state index in [0.29, 0.717) is 16.2 Å². The molecular weight excluding hydrogens is 516 g/mol. The van der Waals surface area contributed by atoms with Gasteiger partial charge in [0.05, 0.1) is 12.7 Å². The first-order valence-corrected chi connectivity index (χ1v) is 17.3. The predicted molar refractivity (Wildman–Crippen MR) is 159 cm³/mol. The first kappa shape index (κ1) is 30.5. The summed E-state index contributed by atoms with van der Waals surface area (Å²) < 4.78 is 11.9. The van der Waals surface area contributed by atoms with Crippen LogP contribution >= 0.6 is 0 Å². The van der Waals surface area contributed by atoms with Gasteiger partial charge in [-0.2, -0.15) is 0 Å². The summed E-state index contributed by atoms with van der Waals surface area (Å²) in [5, 5.41) is 40.4. The summed E-state index contributed by atoms with van der Waals surface area (Å²) in [6, 6.07) is 0. The van der Waals surface area contributed by atoms with Crippen molar-refractivity contribution < 1.29 is 29.9 Å². The van der Waals surface area contributed by atoms with Crippen LogP contribution in [0.15, 0.2) is 11.6 Å². The van der Waals surface area contributed by atoms with Gasteiger partial charge in [0, 0.05) is 0 Å². The number of hydrogen-bond donors (Lipinski definition) is 4. The van der Waals surface area contributed by atoms with E-state index in [-0.39, 0.29) is 6.10 Å². The Kier molecular flexibility index (Phi) is 8.53. The number of hydrogen-bond acceptors (Lipinski definition) is 6. The number of allylic oxidation sites excluding steroid dienone is 1. The molecule has 0 radical (unpaired) electrons. The van der Waals surface area contributed by atoms with Crippen LogP contribution in [0.4, 0.5) is 0 Å². The SMILES string of the molecule is CCC(CC)CCCC(C)C1CCC2C3CC=C4CC(OC5OC(CO)C(O)C(O)C5O)CCC45CC35CCC12C. The molecular formula is C35H58O6. The fraction of sp³-hybridized carbons (Fsp3) is 0.943. The second kappa shape index (κ2) is 11.5. The highest BCUT2D eigenvalue weighted by Gasteiger charge is 2.76. The van der Waals surface area contributed by atoms with Crippen LogP contribution in [0.3, 0.4) is 0 Å². The Morgan fingerprint density at radius 3 is 2.49 bits per heavy atom. The van der Waals surface area contributed by atoms with Gasteiger partial charge in [0.2, 0.25) is 0 Å². The van der Waals surface area contributed by atoms with Gasteiger partial charge in [0.25, 0.3) is 0 Å². The molecule has 4 N–H and O–H groups in total. The Balaban J connectivity index is 1.10. The summed E-state index contributed by atoms with van der Waals surface area (Å²) in [5.41, 5.74) is 2.92. The minimum Gasteiger partial charge on any atom is -0.394 e. The molecule has 2 spiro atoms.